The Hall–Kier alpha value is -1.06. The third kappa shape index (κ3) is 28.9. The van der Waals surface area contributed by atoms with Gasteiger partial charge in [-0.2, -0.15) is 0 Å². The molecule has 0 spiro atoms. The molecule has 0 radical (unpaired) electrons. The fraction of sp³-hybridized carbons (Fsp3) is 0.929. The van der Waals surface area contributed by atoms with Crippen LogP contribution >= 0.6 is 0 Å². The minimum atomic E-state index is -0.711. The van der Waals surface area contributed by atoms with Crippen LogP contribution in [-0.4, -0.2) is 22.2 Å². The summed E-state index contributed by atoms with van der Waals surface area (Å²) in [4.78, 5) is 21.0. The van der Waals surface area contributed by atoms with Gasteiger partial charge in [0.1, 0.15) is 0 Å². The molecule has 0 rings (SSSR count). The van der Waals surface area contributed by atoms with E-state index in [1.54, 1.807) is 0 Å². The molecule has 0 aromatic heterocycles. The highest BCUT2D eigenvalue weighted by molar-refractivity contribution is 5.69. The Kier molecular flexibility index (Phi) is 28.9. The molecule has 1 unspecified atom stereocenters. The number of carboxylic acid groups (broad SMARTS) is 2. The summed E-state index contributed by atoms with van der Waals surface area (Å²) in [6, 6.07) is 0. The Bertz CT molecular complexity index is 395. The zero-order valence-corrected chi connectivity index (χ0v) is 21.8. The van der Waals surface area contributed by atoms with Gasteiger partial charge < -0.3 is 10.2 Å². The van der Waals surface area contributed by atoms with Gasteiger partial charge in [0.25, 0.3) is 0 Å². The highest BCUT2D eigenvalue weighted by atomic mass is 16.4. The molecule has 32 heavy (non-hydrogen) atoms. The highest BCUT2D eigenvalue weighted by Crippen LogP contribution is 2.20. The number of rotatable bonds is 23. The molecule has 0 heterocycles. The molecule has 0 aliphatic carbocycles. The predicted molar refractivity (Wildman–Crippen MR) is 137 cm³/mol. The van der Waals surface area contributed by atoms with Gasteiger partial charge in [0.05, 0.1) is 5.92 Å². The molecule has 4 nitrogen and oxygen atoms in total. The molecule has 0 aliphatic rings. The van der Waals surface area contributed by atoms with Gasteiger partial charge in [-0.15, -0.1) is 0 Å². The number of carbonyl (C=O) groups is 2. The minimum absolute atomic E-state index is 0.0934. The van der Waals surface area contributed by atoms with Crippen LogP contribution in [0.3, 0.4) is 0 Å². The standard InChI is InChI=1S/C24H48O2.C4H8O2/c1-3-5-7-9-11-13-14-16-18-20-22-23(24(25)26)21-19-17-15-12-10-8-6-4-2;1-2-3-4(5)6/h23H,3-22H2,1-2H3,(H,25,26);2-3H2,1H3,(H,5,6). The molecule has 0 bridgehead atoms. The van der Waals surface area contributed by atoms with Gasteiger partial charge in [0, 0.05) is 6.42 Å². The topological polar surface area (TPSA) is 74.6 Å². The highest BCUT2D eigenvalue weighted by Gasteiger charge is 2.16. The van der Waals surface area contributed by atoms with Crippen molar-refractivity contribution in [3.8, 4) is 0 Å². The van der Waals surface area contributed by atoms with Crippen LogP contribution in [0.25, 0.3) is 0 Å². The van der Waals surface area contributed by atoms with Crippen molar-refractivity contribution in [2.24, 2.45) is 5.92 Å². The maximum Gasteiger partial charge on any atom is 0.306 e. The first-order valence-electron chi connectivity index (χ1n) is 13.9. The number of aliphatic carboxylic acids is 2. The maximum absolute atomic E-state index is 11.4. The van der Waals surface area contributed by atoms with Crippen LogP contribution in [0, 0.1) is 5.92 Å². The molecule has 1 atom stereocenters. The Labute approximate surface area is 200 Å². The Balaban J connectivity index is 0. The third-order valence-corrected chi connectivity index (χ3v) is 6.13. The molecule has 0 aromatic carbocycles. The fourth-order valence-electron chi connectivity index (χ4n) is 4.01. The van der Waals surface area contributed by atoms with Gasteiger partial charge in [-0.05, 0) is 19.3 Å². The summed E-state index contributed by atoms with van der Waals surface area (Å²) < 4.78 is 0. The van der Waals surface area contributed by atoms with E-state index in [4.69, 9.17) is 5.11 Å². The number of carboxylic acids is 2. The Morgan fingerprint density at radius 3 is 1.03 bits per heavy atom. The van der Waals surface area contributed by atoms with Gasteiger partial charge in [0.2, 0.25) is 0 Å². The molecule has 0 saturated carbocycles. The fourth-order valence-corrected chi connectivity index (χ4v) is 4.01. The average molecular weight is 457 g/mol. The second-order valence-corrected chi connectivity index (χ2v) is 9.41. The summed E-state index contributed by atoms with van der Waals surface area (Å²) in [6.45, 7) is 6.36. The molecule has 0 fully saturated rings. The summed E-state index contributed by atoms with van der Waals surface area (Å²) in [5.74, 6) is -1.37. The molecule has 0 saturated heterocycles. The summed E-state index contributed by atoms with van der Waals surface area (Å²) >= 11 is 0. The van der Waals surface area contributed by atoms with Crippen molar-refractivity contribution in [2.75, 3.05) is 0 Å². The molecule has 192 valence electrons. The van der Waals surface area contributed by atoms with Crippen LogP contribution in [0.4, 0.5) is 0 Å². The Morgan fingerprint density at radius 1 is 0.500 bits per heavy atom. The van der Waals surface area contributed by atoms with E-state index >= 15 is 0 Å². The largest absolute Gasteiger partial charge is 0.481 e. The van der Waals surface area contributed by atoms with Crippen LogP contribution in [0.1, 0.15) is 162 Å². The molecule has 4 heteroatoms. The monoisotopic (exact) mass is 456 g/mol. The van der Waals surface area contributed by atoms with Crippen LogP contribution in [0.5, 0.6) is 0 Å². The van der Waals surface area contributed by atoms with E-state index in [0.717, 1.165) is 32.1 Å². The van der Waals surface area contributed by atoms with Crippen molar-refractivity contribution in [2.45, 2.75) is 162 Å². The first-order chi connectivity index (χ1) is 15.5. The van der Waals surface area contributed by atoms with Gasteiger partial charge in [-0.3, -0.25) is 9.59 Å². The second-order valence-electron chi connectivity index (χ2n) is 9.41. The zero-order valence-electron chi connectivity index (χ0n) is 21.8. The van der Waals surface area contributed by atoms with E-state index in [-0.39, 0.29) is 5.92 Å². The van der Waals surface area contributed by atoms with E-state index in [9.17, 15) is 14.7 Å². The molecule has 0 aromatic rings. The van der Waals surface area contributed by atoms with E-state index in [0.29, 0.717) is 6.42 Å². The predicted octanol–water partition coefficient (Wildman–Crippen LogP) is 9.40. The molecule has 0 amide bonds. The van der Waals surface area contributed by atoms with E-state index in [2.05, 4.69) is 13.8 Å². The second kappa shape index (κ2) is 28.0. The lowest BCUT2D eigenvalue weighted by atomic mass is 9.94. The quantitative estimate of drug-likeness (QED) is 0.150. The molecular formula is C28H56O4. The lowest BCUT2D eigenvalue weighted by Crippen LogP contribution is -2.13. The van der Waals surface area contributed by atoms with Crippen molar-refractivity contribution < 1.29 is 19.8 Å². The van der Waals surface area contributed by atoms with Crippen LogP contribution < -0.4 is 0 Å². The minimum Gasteiger partial charge on any atom is -0.481 e. The van der Waals surface area contributed by atoms with Crippen LogP contribution in [-0.2, 0) is 9.59 Å². The SMILES string of the molecule is CCCC(=O)O.CCCCCCCCCCCCC(CCCCCCCCCC)C(=O)O. The Morgan fingerprint density at radius 2 is 0.812 bits per heavy atom. The van der Waals surface area contributed by atoms with Gasteiger partial charge >= 0.3 is 11.9 Å². The van der Waals surface area contributed by atoms with E-state index in [1.165, 1.54) is 103 Å². The van der Waals surface area contributed by atoms with E-state index in [1.807, 2.05) is 6.92 Å². The van der Waals surface area contributed by atoms with E-state index < -0.39 is 11.9 Å². The van der Waals surface area contributed by atoms with Gasteiger partial charge in [0.15, 0.2) is 0 Å². The third-order valence-electron chi connectivity index (χ3n) is 6.13. The smallest absolute Gasteiger partial charge is 0.306 e. The normalized spacial score (nSPS) is 11.6. The van der Waals surface area contributed by atoms with Gasteiger partial charge in [-0.25, -0.2) is 0 Å². The first kappa shape index (κ1) is 33.1. The lowest BCUT2D eigenvalue weighted by Gasteiger charge is -2.12. The number of hydrogen-bond acceptors (Lipinski definition) is 2. The lowest BCUT2D eigenvalue weighted by molar-refractivity contribution is -0.142. The maximum atomic E-state index is 11.4. The van der Waals surface area contributed by atoms with Gasteiger partial charge in [-0.1, -0.05) is 136 Å². The van der Waals surface area contributed by atoms with Crippen molar-refractivity contribution in [1.82, 2.24) is 0 Å². The number of hydrogen-bond donors (Lipinski definition) is 2. The van der Waals surface area contributed by atoms with Crippen LogP contribution in [0.15, 0.2) is 0 Å². The number of unbranched alkanes of at least 4 members (excludes halogenated alkanes) is 16. The summed E-state index contributed by atoms with van der Waals surface area (Å²) in [5, 5.41) is 17.3. The molecular weight excluding hydrogens is 400 g/mol. The van der Waals surface area contributed by atoms with Crippen molar-refractivity contribution >= 4 is 11.9 Å². The van der Waals surface area contributed by atoms with Crippen molar-refractivity contribution in [1.29, 1.82) is 0 Å². The van der Waals surface area contributed by atoms with Crippen LogP contribution in [0.2, 0.25) is 0 Å². The average Bonchev–Trinajstić information content (AvgIpc) is 2.75. The van der Waals surface area contributed by atoms with Crippen molar-refractivity contribution in [3.63, 3.8) is 0 Å². The summed E-state index contributed by atoms with van der Waals surface area (Å²) in [5.41, 5.74) is 0. The molecule has 0 aliphatic heterocycles. The molecule has 2 N–H and O–H groups in total. The van der Waals surface area contributed by atoms with Crippen molar-refractivity contribution in [3.05, 3.63) is 0 Å². The first-order valence-corrected chi connectivity index (χ1v) is 13.9. The summed E-state index contributed by atoms with van der Waals surface area (Å²) in [6.07, 6.45) is 26.3. The zero-order chi connectivity index (χ0) is 24.3. The summed E-state index contributed by atoms with van der Waals surface area (Å²) in [7, 11) is 0.